The molecule has 0 heterocycles. The van der Waals surface area contributed by atoms with Crippen molar-refractivity contribution >= 4 is 0 Å². The number of hydrogen-bond donors (Lipinski definition) is 0. The molecule has 2 nitrogen and oxygen atoms in total. The predicted octanol–water partition coefficient (Wildman–Crippen LogP) is 0.140. The lowest BCUT2D eigenvalue weighted by atomic mass is 10.6. The van der Waals surface area contributed by atoms with E-state index in [1.54, 1.807) is 11.4 Å². The molecule has 0 aromatic rings. The van der Waals surface area contributed by atoms with Crippen molar-refractivity contribution in [1.82, 2.24) is 4.90 Å². The number of hydrogen-bond acceptors (Lipinski definition) is 1. The lowest BCUT2D eigenvalue weighted by Gasteiger charge is -2.01. The van der Waals surface area contributed by atoms with Crippen LogP contribution in [0, 0.1) is 6.54 Å². The maximum absolute atomic E-state index is 9.64. The third-order valence-electron chi connectivity index (χ3n) is 0.440. The van der Waals surface area contributed by atoms with Crippen LogP contribution >= 0.6 is 0 Å². The molecule has 36 valence electrons. The molecule has 2 heteroatoms. The first-order valence-electron chi connectivity index (χ1n) is 1.85. The van der Waals surface area contributed by atoms with E-state index in [4.69, 9.17) is 0 Å². The van der Waals surface area contributed by atoms with E-state index < -0.39 is 0 Å². The summed E-state index contributed by atoms with van der Waals surface area (Å²) in [5.74, 6) is 0. The van der Waals surface area contributed by atoms with E-state index in [2.05, 4.69) is 0 Å². The average molecular weight is 87.1 g/mol. The summed E-state index contributed by atoms with van der Waals surface area (Å²) in [6.07, 6.45) is 0. The predicted molar refractivity (Wildman–Crippen MR) is 23.5 cm³/mol. The lowest BCUT2D eigenvalue weighted by Crippen LogP contribution is -2.08. The van der Waals surface area contributed by atoms with Gasteiger partial charge in [0.15, 0.2) is 0 Å². The Balaban J connectivity index is 2.63. The Morgan fingerprint density at radius 3 is 2.17 bits per heavy atom. The summed E-state index contributed by atoms with van der Waals surface area (Å²) in [7, 11) is 3.66. The highest BCUT2D eigenvalue weighted by molar-refractivity contribution is 4.54. The first-order valence-corrected chi connectivity index (χ1v) is 1.85. The summed E-state index contributed by atoms with van der Waals surface area (Å²) in [6, 6.07) is 0. The van der Waals surface area contributed by atoms with Crippen LogP contribution in [0.15, 0.2) is 0 Å². The van der Waals surface area contributed by atoms with Crippen LogP contribution in [-0.2, 0) is 5.11 Å². The van der Waals surface area contributed by atoms with Crippen molar-refractivity contribution in [3.8, 4) is 0 Å². The van der Waals surface area contributed by atoms with E-state index >= 15 is 0 Å². The summed E-state index contributed by atoms with van der Waals surface area (Å²) in [4.78, 5) is 1.74. The third-order valence-corrected chi connectivity index (χ3v) is 0.440. The van der Waals surface area contributed by atoms with Crippen molar-refractivity contribution in [3.05, 3.63) is 6.54 Å². The number of rotatable bonds is 2. The zero-order chi connectivity index (χ0) is 4.99. The highest BCUT2D eigenvalue weighted by atomic mass is 16.3. The summed E-state index contributed by atoms with van der Waals surface area (Å²) < 4.78 is 0. The van der Waals surface area contributed by atoms with Crippen LogP contribution in [0.4, 0.5) is 0 Å². The maximum Gasteiger partial charge on any atom is 0.0993 e. The van der Waals surface area contributed by atoms with Crippen LogP contribution in [0.5, 0.6) is 0 Å². The second-order valence-electron chi connectivity index (χ2n) is 1.31. The Bertz CT molecular complexity index is 28.7. The molecule has 0 fully saturated rings. The van der Waals surface area contributed by atoms with Gasteiger partial charge in [0.1, 0.15) is 0 Å². The SMILES string of the molecule is CN(C)[CH]C[O]. The molecule has 0 N–H and O–H groups in total. The summed E-state index contributed by atoms with van der Waals surface area (Å²) in [6.45, 7) is 1.45. The van der Waals surface area contributed by atoms with E-state index in [1.807, 2.05) is 14.1 Å². The molecule has 2 radical (unpaired) electrons. The fraction of sp³-hybridized carbons (Fsp3) is 0.750. The Kier molecular flexibility index (Phi) is 3.08. The van der Waals surface area contributed by atoms with Crippen LogP contribution in [0.1, 0.15) is 0 Å². The molecule has 0 aliphatic rings. The van der Waals surface area contributed by atoms with Gasteiger partial charge in [0, 0.05) is 0 Å². The minimum atomic E-state index is -0.118. The molecular weight excluding hydrogens is 78.0 g/mol. The Morgan fingerprint density at radius 2 is 2.17 bits per heavy atom. The molecule has 0 bridgehead atoms. The van der Waals surface area contributed by atoms with Crippen molar-refractivity contribution in [2.45, 2.75) is 0 Å². The molecule has 0 unspecified atom stereocenters. The Hall–Kier alpha value is -0.0800. The normalized spacial score (nSPS) is 10.0. The molecule has 0 amide bonds. The highest BCUT2D eigenvalue weighted by Gasteiger charge is 1.83. The van der Waals surface area contributed by atoms with Gasteiger partial charge >= 0.3 is 0 Å². The summed E-state index contributed by atoms with van der Waals surface area (Å²) in [5.41, 5.74) is 0. The molecule has 6 heavy (non-hydrogen) atoms. The zero-order valence-electron chi connectivity index (χ0n) is 4.14. The van der Waals surface area contributed by atoms with Crippen LogP contribution in [0.3, 0.4) is 0 Å². The van der Waals surface area contributed by atoms with Gasteiger partial charge in [-0.1, -0.05) is 0 Å². The first kappa shape index (κ1) is 5.92. The van der Waals surface area contributed by atoms with Gasteiger partial charge < -0.3 is 4.90 Å². The molecule has 0 spiro atoms. The smallest absolute Gasteiger partial charge is 0.0993 e. The maximum atomic E-state index is 9.64. The minimum absolute atomic E-state index is 0.118. The monoisotopic (exact) mass is 87.1 g/mol. The second kappa shape index (κ2) is 3.12. The molecule has 0 aromatic heterocycles. The van der Waals surface area contributed by atoms with E-state index in [-0.39, 0.29) is 6.61 Å². The topological polar surface area (TPSA) is 23.1 Å². The minimum Gasteiger partial charge on any atom is -0.302 e. The molecule has 0 aliphatic heterocycles. The van der Waals surface area contributed by atoms with Gasteiger partial charge in [-0.05, 0) is 14.1 Å². The molecular formula is C4H9NO. The Labute approximate surface area is 38.4 Å². The standard InChI is InChI=1S/C4H9NO/c1-5(2)3-4-6/h3H,4H2,1-2H3. The van der Waals surface area contributed by atoms with Gasteiger partial charge in [-0.25, -0.2) is 5.11 Å². The van der Waals surface area contributed by atoms with Crippen molar-refractivity contribution in [2.75, 3.05) is 20.7 Å². The highest BCUT2D eigenvalue weighted by Crippen LogP contribution is 1.75. The average Bonchev–Trinajstić information content (AvgIpc) is 1.35. The van der Waals surface area contributed by atoms with Gasteiger partial charge in [0.25, 0.3) is 0 Å². The number of nitrogens with zero attached hydrogens (tertiary/aromatic N) is 1. The fourth-order valence-corrected chi connectivity index (χ4v) is 0.149. The van der Waals surface area contributed by atoms with E-state index in [1.165, 1.54) is 0 Å². The fourth-order valence-electron chi connectivity index (χ4n) is 0.149. The van der Waals surface area contributed by atoms with Crippen molar-refractivity contribution in [2.24, 2.45) is 0 Å². The van der Waals surface area contributed by atoms with Gasteiger partial charge in [0.05, 0.1) is 13.2 Å². The van der Waals surface area contributed by atoms with E-state index in [0.717, 1.165) is 0 Å². The van der Waals surface area contributed by atoms with Crippen molar-refractivity contribution in [3.63, 3.8) is 0 Å². The van der Waals surface area contributed by atoms with Crippen LogP contribution in [0.25, 0.3) is 0 Å². The second-order valence-corrected chi connectivity index (χ2v) is 1.31. The van der Waals surface area contributed by atoms with Gasteiger partial charge in [-0.2, -0.15) is 0 Å². The van der Waals surface area contributed by atoms with Gasteiger partial charge in [-0.3, -0.25) is 0 Å². The molecule has 0 aliphatic carbocycles. The first-order chi connectivity index (χ1) is 2.77. The zero-order valence-corrected chi connectivity index (χ0v) is 4.14. The molecule has 0 rings (SSSR count). The third kappa shape index (κ3) is 3.92. The molecule has 0 atom stereocenters. The van der Waals surface area contributed by atoms with Crippen LogP contribution < -0.4 is 0 Å². The molecule has 0 saturated carbocycles. The molecule has 0 aromatic carbocycles. The largest absolute Gasteiger partial charge is 0.302 e. The van der Waals surface area contributed by atoms with E-state index in [9.17, 15) is 5.11 Å². The molecule has 0 saturated heterocycles. The van der Waals surface area contributed by atoms with E-state index in [0.29, 0.717) is 0 Å². The Morgan fingerprint density at radius 1 is 1.67 bits per heavy atom. The van der Waals surface area contributed by atoms with Gasteiger partial charge in [-0.15, -0.1) is 0 Å². The quantitative estimate of drug-likeness (QED) is 0.470. The van der Waals surface area contributed by atoms with Crippen molar-refractivity contribution in [1.29, 1.82) is 0 Å². The van der Waals surface area contributed by atoms with Crippen molar-refractivity contribution < 1.29 is 5.11 Å². The lowest BCUT2D eigenvalue weighted by molar-refractivity contribution is 0.194. The summed E-state index contributed by atoms with van der Waals surface area (Å²) in [5, 5.41) is 9.64. The van der Waals surface area contributed by atoms with Crippen LogP contribution in [-0.4, -0.2) is 25.6 Å². The van der Waals surface area contributed by atoms with Crippen LogP contribution in [0.2, 0.25) is 0 Å². The summed E-state index contributed by atoms with van der Waals surface area (Å²) >= 11 is 0. The number of likely N-dealkylation sites (N-methyl/N-ethyl adjacent to an activating group) is 1. The van der Waals surface area contributed by atoms with Gasteiger partial charge in [0.2, 0.25) is 0 Å².